The van der Waals surface area contributed by atoms with E-state index in [1.807, 2.05) is 20.8 Å². The van der Waals surface area contributed by atoms with E-state index in [0.717, 1.165) is 28.9 Å². The van der Waals surface area contributed by atoms with E-state index in [4.69, 9.17) is 15.2 Å². The molecule has 1 aliphatic rings. The van der Waals surface area contributed by atoms with E-state index in [-0.39, 0.29) is 6.04 Å². The molecule has 3 N–H and O–H groups in total. The van der Waals surface area contributed by atoms with Crippen LogP contribution in [0, 0.1) is 0 Å². The molecule has 2 aromatic rings. The molecule has 1 fully saturated rings. The van der Waals surface area contributed by atoms with Crippen LogP contribution in [0.3, 0.4) is 0 Å². The van der Waals surface area contributed by atoms with Gasteiger partial charge in [-0.3, -0.25) is 0 Å². The van der Waals surface area contributed by atoms with Crippen LogP contribution in [-0.2, 0) is 9.47 Å². The van der Waals surface area contributed by atoms with Crippen molar-refractivity contribution in [3.8, 4) is 0 Å². The summed E-state index contributed by atoms with van der Waals surface area (Å²) in [5.41, 5.74) is 7.35. The third kappa shape index (κ3) is 4.41. The second-order valence-corrected chi connectivity index (χ2v) is 8.53. The van der Waals surface area contributed by atoms with Gasteiger partial charge in [-0.05, 0) is 39.3 Å². The van der Waals surface area contributed by atoms with Crippen LogP contribution in [0.25, 0.3) is 10.2 Å². The van der Waals surface area contributed by atoms with Gasteiger partial charge >= 0.3 is 12.1 Å². The van der Waals surface area contributed by atoms with E-state index in [1.54, 1.807) is 12.1 Å². The number of hydrogen-bond acceptors (Lipinski definition) is 8. The molecule has 1 aromatic heterocycles. The number of nitrogens with zero attached hydrogens (tertiary/aromatic N) is 2. The van der Waals surface area contributed by atoms with Crippen molar-refractivity contribution in [2.75, 3.05) is 30.8 Å². The Morgan fingerprint density at radius 3 is 2.78 bits per heavy atom. The highest BCUT2D eigenvalue weighted by Crippen LogP contribution is 2.35. The van der Waals surface area contributed by atoms with Crippen LogP contribution in [0.15, 0.2) is 12.1 Å². The van der Waals surface area contributed by atoms with Gasteiger partial charge in [0.25, 0.3) is 0 Å². The number of carbonyl (C=O) groups is 2. The molecule has 146 valence electrons. The summed E-state index contributed by atoms with van der Waals surface area (Å²) in [5, 5.41) is 3.34. The maximum Gasteiger partial charge on any atom is 0.407 e. The van der Waals surface area contributed by atoms with Gasteiger partial charge in [0.05, 0.1) is 29.1 Å². The summed E-state index contributed by atoms with van der Waals surface area (Å²) < 4.78 is 11.0. The number of anilines is 2. The number of aromatic nitrogens is 1. The maximum atomic E-state index is 12.0. The van der Waals surface area contributed by atoms with Gasteiger partial charge in [0, 0.05) is 13.1 Å². The molecule has 1 aromatic carbocycles. The lowest BCUT2D eigenvalue weighted by molar-refractivity contribution is 0.0508. The molecular weight excluding hydrogens is 368 g/mol. The lowest BCUT2D eigenvalue weighted by Gasteiger charge is -2.23. The number of benzene rings is 1. The van der Waals surface area contributed by atoms with Crippen molar-refractivity contribution in [2.45, 2.75) is 38.8 Å². The molecule has 1 amide bonds. The van der Waals surface area contributed by atoms with Gasteiger partial charge in [0.1, 0.15) is 11.1 Å². The minimum absolute atomic E-state index is 0.0485. The average Bonchev–Trinajstić information content (AvgIpc) is 3.16. The Kier molecular flexibility index (Phi) is 5.14. The van der Waals surface area contributed by atoms with Gasteiger partial charge in [-0.1, -0.05) is 11.3 Å². The van der Waals surface area contributed by atoms with Crippen molar-refractivity contribution in [3.63, 3.8) is 0 Å². The van der Waals surface area contributed by atoms with E-state index < -0.39 is 17.7 Å². The molecular formula is C18H24N4O4S. The smallest absolute Gasteiger partial charge is 0.407 e. The fourth-order valence-electron chi connectivity index (χ4n) is 3.08. The molecule has 0 spiro atoms. The van der Waals surface area contributed by atoms with Crippen LogP contribution in [0.2, 0.25) is 0 Å². The van der Waals surface area contributed by atoms with Crippen LogP contribution in [0.1, 0.15) is 37.6 Å². The molecule has 1 saturated heterocycles. The Hall–Kier alpha value is -2.55. The largest absolute Gasteiger partial charge is 0.465 e. The summed E-state index contributed by atoms with van der Waals surface area (Å²) in [6.45, 7) is 6.80. The van der Waals surface area contributed by atoms with Gasteiger partial charge in [0.15, 0.2) is 5.13 Å². The number of nitrogen functional groups attached to an aromatic ring is 1. The number of nitrogens with one attached hydrogen (secondary N) is 1. The highest BCUT2D eigenvalue weighted by Gasteiger charge is 2.28. The lowest BCUT2D eigenvalue weighted by Crippen LogP contribution is -2.40. The monoisotopic (exact) mass is 392 g/mol. The zero-order chi connectivity index (χ0) is 19.8. The number of rotatable bonds is 3. The number of carbonyl (C=O) groups excluding carboxylic acids is 2. The van der Waals surface area contributed by atoms with Gasteiger partial charge in [-0.25, -0.2) is 14.6 Å². The minimum atomic E-state index is -0.540. The summed E-state index contributed by atoms with van der Waals surface area (Å²) in [7, 11) is 1.35. The third-order valence-corrected chi connectivity index (χ3v) is 4.99. The third-order valence-electron chi connectivity index (χ3n) is 4.16. The predicted molar refractivity (Wildman–Crippen MR) is 105 cm³/mol. The summed E-state index contributed by atoms with van der Waals surface area (Å²) in [5.74, 6) is -0.409. The fourth-order valence-corrected chi connectivity index (χ4v) is 3.87. The summed E-state index contributed by atoms with van der Waals surface area (Å²) >= 11 is 1.33. The summed E-state index contributed by atoms with van der Waals surface area (Å²) in [6, 6.07) is 3.46. The fraction of sp³-hybridized carbons (Fsp3) is 0.500. The first-order chi connectivity index (χ1) is 12.7. The van der Waals surface area contributed by atoms with E-state index >= 15 is 0 Å². The number of alkyl carbamates (subject to hydrolysis) is 1. The van der Waals surface area contributed by atoms with Crippen LogP contribution in [0.5, 0.6) is 0 Å². The van der Waals surface area contributed by atoms with Crippen molar-refractivity contribution in [3.05, 3.63) is 17.7 Å². The Labute approximate surface area is 161 Å². The number of hydrogen-bond donors (Lipinski definition) is 2. The molecule has 8 nitrogen and oxygen atoms in total. The SMILES string of the molecule is COC(=O)c1cc(N2CC[C@H](NC(=O)OC(C)(C)C)C2)c2nc(N)sc2c1. The summed E-state index contributed by atoms with van der Waals surface area (Å²) in [4.78, 5) is 30.5. The lowest BCUT2D eigenvalue weighted by atomic mass is 10.1. The van der Waals surface area contributed by atoms with Crippen LogP contribution >= 0.6 is 11.3 Å². The first-order valence-electron chi connectivity index (χ1n) is 8.69. The Morgan fingerprint density at radius 1 is 1.37 bits per heavy atom. The number of fused-ring (bicyclic) bond motifs is 1. The average molecular weight is 392 g/mol. The van der Waals surface area contributed by atoms with Crippen LogP contribution in [0.4, 0.5) is 15.6 Å². The van der Waals surface area contributed by atoms with Crippen molar-refractivity contribution in [1.82, 2.24) is 10.3 Å². The Bertz CT molecular complexity index is 874. The molecule has 0 bridgehead atoms. The molecule has 1 aliphatic heterocycles. The molecule has 3 rings (SSSR count). The van der Waals surface area contributed by atoms with Gasteiger partial charge in [-0.15, -0.1) is 0 Å². The molecule has 0 saturated carbocycles. The molecule has 27 heavy (non-hydrogen) atoms. The molecule has 1 atom stereocenters. The zero-order valence-corrected chi connectivity index (χ0v) is 16.7. The number of ether oxygens (including phenoxy) is 2. The van der Waals surface area contributed by atoms with Crippen LogP contribution < -0.4 is 16.0 Å². The first-order valence-corrected chi connectivity index (χ1v) is 9.51. The number of amides is 1. The molecule has 0 radical (unpaired) electrons. The van der Waals surface area contributed by atoms with Gasteiger partial charge in [-0.2, -0.15) is 0 Å². The molecule has 0 aliphatic carbocycles. The first kappa shape index (κ1) is 19.2. The number of esters is 1. The van der Waals surface area contributed by atoms with Crippen molar-refractivity contribution in [1.29, 1.82) is 0 Å². The Morgan fingerprint density at radius 2 is 2.11 bits per heavy atom. The highest BCUT2D eigenvalue weighted by molar-refractivity contribution is 7.22. The minimum Gasteiger partial charge on any atom is -0.465 e. The van der Waals surface area contributed by atoms with Crippen molar-refractivity contribution >= 4 is 44.4 Å². The van der Waals surface area contributed by atoms with E-state index in [0.29, 0.717) is 17.2 Å². The Balaban J connectivity index is 1.81. The quantitative estimate of drug-likeness (QED) is 0.774. The van der Waals surface area contributed by atoms with Gasteiger partial charge < -0.3 is 25.4 Å². The standard InChI is InChI=1S/C18H24N4O4S/c1-18(2,3)26-17(24)20-11-5-6-22(9-11)12-7-10(15(23)25-4)8-13-14(12)21-16(19)27-13/h7-8,11H,5-6,9H2,1-4H3,(H2,19,21)(H,20,24)/t11-/m0/s1. The van der Waals surface area contributed by atoms with Gasteiger partial charge in [0.2, 0.25) is 0 Å². The number of methoxy groups -OCH3 is 1. The molecule has 0 unspecified atom stereocenters. The second kappa shape index (κ2) is 7.22. The normalized spacial score (nSPS) is 17.2. The number of nitrogens with two attached hydrogens (primary N) is 1. The van der Waals surface area contributed by atoms with Crippen molar-refractivity contribution < 1.29 is 19.1 Å². The highest BCUT2D eigenvalue weighted by atomic mass is 32.1. The van der Waals surface area contributed by atoms with E-state index in [9.17, 15) is 9.59 Å². The van der Waals surface area contributed by atoms with E-state index in [1.165, 1.54) is 18.4 Å². The predicted octanol–water partition coefficient (Wildman–Crippen LogP) is 2.77. The topological polar surface area (TPSA) is 107 Å². The molecule has 9 heteroatoms. The van der Waals surface area contributed by atoms with Crippen LogP contribution in [-0.4, -0.2) is 48.9 Å². The second-order valence-electron chi connectivity index (χ2n) is 7.46. The molecule has 2 heterocycles. The zero-order valence-electron chi connectivity index (χ0n) is 15.9. The number of thiazole rings is 1. The summed E-state index contributed by atoms with van der Waals surface area (Å²) in [6.07, 6.45) is 0.337. The maximum absolute atomic E-state index is 12.0. The van der Waals surface area contributed by atoms with E-state index in [2.05, 4.69) is 15.2 Å². The van der Waals surface area contributed by atoms with Crippen molar-refractivity contribution in [2.24, 2.45) is 0 Å².